The van der Waals surface area contributed by atoms with Crippen LogP contribution in [-0.2, 0) is 4.74 Å². The molecule has 1 saturated heterocycles. The fourth-order valence-corrected chi connectivity index (χ4v) is 1.53. The van der Waals surface area contributed by atoms with E-state index >= 15 is 0 Å². The molecule has 0 saturated carbocycles. The van der Waals surface area contributed by atoms with Gasteiger partial charge in [-0.2, -0.15) is 9.78 Å². The van der Waals surface area contributed by atoms with Crippen LogP contribution in [0.1, 0.15) is 19.1 Å². The fourth-order valence-electron chi connectivity index (χ4n) is 1.39. The molecule has 0 spiro atoms. The molecule has 1 aliphatic heterocycles. The number of rotatable bonds is 1. The normalized spacial score (nSPS) is 21.4. The third-order valence-electron chi connectivity index (χ3n) is 2.10. The molecule has 0 radical (unpaired) electrons. The van der Waals surface area contributed by atoms with Crippen LogP contribution >= 0.6 is 11.6 Å². The average molecular weight is 217 g/mol. The van der Waals surface area contributed by atoms with E-state index in [1.807, 2.05) is 0 Å². The summed E-state index contributed by atoms with van der Waals surface area (Å²) >= 11 is 5.58. The fraction of sp³-hybridized carbons (Fsp3) is 0.500. The lowest BCUT2D eigenvalue weighted by Gasteiger charge is -2.11. The minimum absolute atomic E-state index is 0.212. The lowest BCUT2D eigenvalue weighted by molar-refractivity contribution is 0.0425. The molecule has 1 atom stereocenters. The van der Waals surface area contributed by atoms with Gasteiger partial charge in [-0.25, -0.2) is 0 Å². The molecule has 0 amide bonds. The Kier molecular flexibility index (Phi) is 2.43. The predicted molar refractivity (Wildman–Crippen MR) is 49.4 cm³/mol. The lowest BCUT2D eigenvalue weighted by Crippen LogP contribution is -2.26. The topological polar surface area (TPSA) is 64.3 Å². The summed E-state index contributed by atoms with van der Waals surface area (Å²) in [5.74, 6) is -0.300. The Labute approximate surface area is 84.9 Å². The van der Waals surface area contributed by atoms with Crippen molar-refractivity contribution in [1.82, 2.24) is 9.78 Å². The second-order valence-electron chi connectivity index (χ2n) is 3.06. The summed E-state index contributed by atoms with van der Waals surface area (Å²) in [4.78, 5) is 11.5. The van der Waals surface area contributed by atoms with Crippen LogP contribution in [0.3, 0.4) is 0 Å². The smallest absolute Gasteiger partial charge is 0.291 e. The molecule has 14 heavy (non-hydrogen) atoms. The van der Waals surface area contributed by atoms with Gasteiger partial charge in [0.1, 0.15) is 0 Å². The van der Waals surface area contributed by atoms with Crippen molar-refractivity contribution in [2.45, 2.75) is 19.1 Å². The summed E-state index contributed by atoms with van der Waals surface area (Å²) in [6.07, 6.45) is 2.44. The van der Waals surface area contributed by atoms with Crippen molar-refractivity contribution in [3.05, 3.63) is 21.6 Å². The molecule has 1 fully saturated rings. The van der Waals surface area contributed by atoms with Gasteiger partial charge in [0, 0.05) is 6.61 Å². The lowest BCUT2D eigenvalue weighted by atomic mass is 10.3. The molecule has 1 N–H and O–H groups in total. The maximum Gasteiger partial charge on any atom is 0.291 e. The second-order valence-corrected chi connectivity index (χ2v) is 3.44. The first-order chi connectivity index (χ1) is 6.70. The molecular weight excluding hydrogens is 208 g/mol. The highest BCUT2D eigenvalue weighted by Crippen LogP contribution is 2.22. The molecule has 0 aliphatic carbocycles. The van der Waals surface area contributed by atoms with Crippen LogP contribution in [0.5, 0.6) is 5.75 Å². The van der Waals surface area contributed by atoms with Gasteiger partial charge in [-0.05, 0) is 12.8 Å². The number of aromatic hydroxyl groups is 1. The molecule has 5 nitrogen and oxygen atoms in total. The van der Waals surface area contributed by atoms with Crippen molar-refractivity contribution in [2.24, 2.45) is 0 Å². The van der Waals surface area contributed by atoms with Crippen molar-refractivity contribution in [3.63, 3.8) is 0 Å². The molecule has 1 aromatic rings. The molecular formula is C8H9ClN2O3. The minimum atomic E-state index is -0.515. The summed E-state index contributed by atoms with van der Waals surface area (Å²) in [6, 6.07) is 0. The average Bonchev–Trinajstić information content (AvgIpc) is 2.67. The maximum atomic E-state index is 11.5. The Morgan fingerprint density at radius 3 is 3.14 bits per heavy atom. The van der Waals surface area contributed by atoms with E-state index in [-0.39, 0.29) is 17.0 Å². The molecule has 76 valence electrons. The Hall–Kier alpha value is -1.07. The van der Waals surface area contributed by atoms with Crippen molar-refractivity contribution >= 4 is 11.6 Å². The van der Waals surface area contributed by atoms with E-state index in [0.29, 0.717) is 6.61 Å². The van der Waals surface area contributed by atoms with E-state index in [2.05, 4.69) is 5.10 Å². The van der Waals surface area contributed by atoms with Gasteiger partial charge in [-0.15, -0.1) is 0 Å². The van der Waals surface area contributed by atoms with Crippen LogP contribution < -0.4 is 5.56 Å². The van der Waals surface area contributed by atoms with E-state index in [9.17, 15) is 4.79 Å². The predicted octanol–water partition coefficient (Wildman–Crippen LogP) is 0.911. The molecule has 1 aromatic heterocycles. The van der Waals surface area contributed by atoms with Crippen LogP contribution in [0.15, 0.2) is 11.0 Å². The first kappa shape index (κ1) is 9.48. The summed E-state index contributed by atoms with van der Waals surface area (Å²) < 4.78 is 6.44. The summed E-state index contributed by atoms with van der Waals surface area (Å²) in [6.45, 7) is 0.622. The monoisotopic (exact) mass is 216 g/mol. The number of aromatic nitrogens is 2. The van der Waals surface area contributed by atoms with Gasteiger partial charge in [0.25, 0.3) is 5.56 Å². The summed E-state index contributed by atoms with van der Waals surface area (Å²) in [7, 11) is 0. The van der Waals surface area contributed by atoms with Gasteiger partial charge in [0.05, 0.1) is 6.20 Å². The zero-order valence-corrected chi connectivity index (χ0v) is 8.07. The van der Waals surface area contributed by atoms with Gasteiger partial charge in [-0.3, -0.25) is 4.79 Å². The number of nitrogens with zero attached hydrogens (tertiary/aromatic N) is 2. The molecule has 6 heteroatoms. The molecule has 0 unspecified atom stereocenters. The molecule has 0 bridgehead atoms. The van der Waals surface area contributed by atoms with Gasteiger partial charge in [0.2, 0.25) is 0 Å². The Morgan fingerprint density at radius 2 is 2.50 bits per heavy atom. The highest BCUT2D eigenvalue weighted by atomic mass is 35.5. The molecule has 2 heterocycles. The van der Waals surface area contributed by atoms with E-state index in [1.54, 1.807) is 0 Å². The molecule has 1 aliphatic rings. The van der Waals surface area contributed by atoms with E-state index in [4.69, 9.17) is 21.4 Å². The van der Waals surface area contributed by atoms with Crippen LogP contribution in [-0.4, -0.2) is 21.5 Å². The van der Waals surface area contributed by atoms with Crippen molar-refractivity contribution in [1.29, 1.82) is 0 Å². The highest BCUT2D eigenvalue weighted by Gasteiger charge is 2.21. The third kappa shape index (κ3) is 1.49. The SMILES string of the molecule is O=c1c(Cl)c(O)cnn1[C@H]1CCCO1. The van der Waals surface area contributed by atoms with Crippen molar-refractivity contribution < 1.29 is 9.84 Å². The molecule has 0 aromatic carbocycles. The summed E-state index contributed by atoms with van der Waals surface area (Å²) in [5.41, 5.74) is -0.515. The van der Waals surface area contributed by atoms with Gasteiger partial charge in [0.15, 0.2) is 17.0 Å². The number of ether oxygens (including phenoxy) is 1. The van der Waals surface area contributed by atoms with Crippen LogP contribution in [0, 0.1) is 0 Å². The quantitative estimate of drug-likeness (QED) is 0.758. The Morgan fingerprint density at radius 1 is 1.71 bits per heavy atom. The largest absolute Gasteiger partial charge is 0.505 e. The van der Waals surface area contributed by atoms with Crippen LogP contribution in [0.4, 0.5) is 0 Å². The first-order valence-corrected chi connectivity index (χ1v) is 4.66. The summed E-state index contributed by atoms with van der Waals surface area (Å²) in [5, 5.41) is 12.7. The number of halogens is 1. The third-order valence-corrected chi connectivity index (χ3v) is 2.46. The maximum absolute atomic E-state index is 11.5. The highest BCUT2D eigenvalue weighted by molar-refractivity contribution is 6.31. The molecule has 2 rings (SSSR count). The Balaban J connectivity index is 2.44. The number of hydrogen-bond donors (Lipinski definition) is 1. The van der Waals surface area contributed by atoms with Crippen LogP contribution in [0.25, 0.3) is 0 Å². The Bertz CT molecular complexity index is 398. The van der Waals surface area contributed by atoms with Gasteiger partial charge >= 0.3 is 0 Å². The number of hydrogen-bond acceptors (Lipinski definition) is 4. The van der Waals surface area contributed by atoms with Crippen molar-refractivity contribution in [2.75, 3.05) is 6.61 Å². The zero-order valence-electron chi connectivity index (χ0n) is 7.31. The van der Waals surface area contributed by atoms with Gasteiger partial charge in [-0.1, -0.05) is 11.6 Å². The van der Waals surface area contributed by atoms with E-state index in [1.165, 1.54) is 0 Å². The zero-order chi connectivity index (χ0) is 10.1. The van der Waals surface area contributed by atoms with Crippen molar-refractivity contribution in [3.8, 4) is 5.75 Å². The standard InChI is InChI=1S/C8H9ClN2O3/c9-7-5(12)4-10-11(8(7)13)6-2-1-3-14-6/h4,6,12H,1-3H2/t6-/m1/s1. The first-order valence-electron chi connectivity index (χ1n) is 4.28. The van der Waals surface area contributed by atoms with Crippen LogP contribution in [0.2, 0.25) is 5.02 Å². The van der Waals surface area contributed by atoms with E-state index < -0.39 is 5.56 Å². The second kappa shape index (κ2) is 3.59. The van der Waals surface area contributed by atoms with E-state index in [0.717, 1.165) is 23.7 Å². The minimum Gasteiger partial charge on any atom is -0.505 e. The van der Waals surface area contributed by atoms with Gasteiger partial charge < -0.3 is 9.84 Å².